The molecule has 2 amide bonds. The van der Waals surface area contributed by atoms with Crippen molar-refractivity contribution < 1.29 is 14.0 Å². The molecular weight excluding hydrogens is 387 g/mol. The van der Waals surface area contributed by atoms with Gasteiger partial charge in [0.1, 0.15) is 5.82 Å². The molecule has 29 heavy (non-hydrogen) atoms. The standard InChI is InChI=1S/C23H27FN2O2S/c24-20-9-11-21(12-10-20)29-18-13-23(28)26-16-14-25(15-17-26)22(27)8-4-7-19-5-2-1-3-6-19/h1-3,5-6,9-12H,4,7-8,13-18H2. The Morgan fingerprint density at radius 3 is 2.03 bits per heavy atom. The summed E-state index contributed by atoms with van der Waals surface area (Å²) < 4.78 is 12.9. The number of nitrogens with zero attached hydrogens (tertiary/aromatic N) is 2. The summed E-state index contributed by atoms with van der Waals surface area (Å²) in [5.41, 5.74) is 1.26. The normalized spacial score (nSPS) is 14.1. The lowest BCUT2D eigenvalue weighted by Gasteiger charge is -2.35. The van der Waals surface area contributed by atoms with Crippen LogP contribution in [0.1, 0.15) is 24.8 Å². The summed E-state index contributed by atoms with van der Waals surface area (Å²) >= 11 is 1.56. The Bertz CT molecular complexity index is 790. The lowest BCUT2D eigenvalue weighted by Crippen LogP contribution is -2.50. The number of hydrogen-bond acceptors (Lipinski definition) is 3. The molecular formula is C23H27FN2O2S. The average Bonchev–Trinajstić information content (AvgIpc) is 2.76. The quantitative estimate of drug-likeness (QED) is 0.613. The second-order valence-corrected chi connectivity index (χ2v) is 8.32. The number of amides is 2. The fourth-order valence-corrected chi connectivity index (χ4v) is 4.24. The molecule has 1 saturated heterocycles. The van der Waals surface area contributed by atoms with Crippen LogP contribution < -0.4 is 0 Å². The number of piperazine rings is 1. The molecule has 0 spiro atoms. The third-order valence-electron chi connectivity index (χ3n) is 5.08. The van der Waals surface area contributed by atoms with Crippen LogP contribution in [0.4, 0.5) is 4.39 Å². The Labute approximate surface area is 176 Å². The molecule has 2 aromatic carbocycles. The van der Waals surface area contributed by atoms with Gasteiger partial charge in [-0.3, -0.25) is 9.59 Å². The second kappa shape index (κ2) is 11.0. The van der Waals surface area contributed by atoms with E-state index in [0.717, 1.165) is 17.7 Å². The van der Waals surface area contributed by atoms with Gasteiger partial charge in [-0.2, -0.15) is 0 Å². The number of carbonyl (C=O) groups excluding carboxylic acids is 2. The second-order valence-electron chi connectivity index (χ2n) is 7.15. The minimum Gasteiger partial charge on any atom is -0.339 e. The zero-order valence-electron chi connectivity index (χ0n) is 16.6. The Morgan fingerprint density at radius 1 is 0.828 bits per heavy atom. The first-order valence-corrected chi connectivity index (χ1v) is 11.1. The van der Waals surface area contributed by atoms with Crippen LogP contribution in [0, 0.1) is 5.82 Å². The van der Waals surface area contributed by atoms with Crippen molar-refractivity contribution in [3.05, 3.63) is 66.0 Å². The highest BCUT2D eigenvalue weighted by molar-refractivity contribution is 7.99. The minimum atomic E-state index is -0.252. The molecule has 0 unspecified atom stereocenters. The van der Waals surface area contributed by atoms with Crippen LogP contribution in [0.25, 0.3) is 0 Å². The van der Waals surface area contributed by atoms with E-state index < -0.39 is 0 Å². The van der Waals surface area contributed by atoms with E-state index in [4.69, 9.17) is 0 Å². The van der Waals surface area contributed by atoms with Crippen LogP contribution in [-0.2, 0) is 16.0 Å². The molecule has 154 valence electrons. The molecule has 0 radical (unpaired) electrons. The number of thioether (sulfide) groups is 1. The van der Waals surface area contributed by atoms with Gasteiger partial charge in [0.25, 0.3) is 0 Å². The first-order chi connectivity index (χ1) is 14.1. The van der Waals surface area contributed by atoms with E-state index in [1.54, 1.807) is 23.9 Å². The smallest absolute Gasteiger partial charge is 0.223 e. The van der Waals surface area contributed by atoms with Crippen LogP contribution in [0.15, 0.2) is 59.5 Å². The van der Waals surface area contributed by atoms with Gasteiger partial charge < -0.3 is 9.80 Å². The van der Waals surface area contributed by atoms with Crippen molar-refractivity contribution in [3.63, 3.8) is 0 Å². The molecule has 0 N–H and O–H groups in total. The van der Waals surface area contributed by atoms with Gasteiger partial charge in [-0.1, -0.05) is 30.3 Å². The number of aryl methyl sites for hydroxylation is 1. The van der Waals surface area contributed by atoms with Crippen molar-refractivity contribution >= 4 is 23.6 Å². The monoisotopic (exact) mass is 414 g/mol. The van der Waals surface area contributed by atoms with Crippen molar-refractivity contribution in [3.8, 4) is 0 Å². The van der Waals surface area contributed by atoms with Crippen molar-refractivity contribution in [1.82, 2.24) is 9.80 Å². The summed E-state index contributed by atoms with van der Waals surface area (Å²) in [6.07, 6.45) is 2.77. The van der Waals surface area contributed by atoms with E-state index in [9.17, 15) is 14.0 Å². The SMILES string of the molecule is O=C(CCCc1ccccc1)N1CCN(C(=O)CCSc2ccc(F)cc2)CC1. The Morgan fingerprint density at radius 2 is 1.41 bits per heavy atom. The molecule has 4 nitrogen and oxygen atoms in total. The molecule has 0 saturated carbocycles. The van der Waals surface area contributed by atoms with E-state index in [1.165, 1.54) is 17.7 Å². The number of rotatable bonds is 8. The first-order valence-electron chi connectivity index (χ1n) is 10.1. The summed E-state index contributed by atoms with van der Waals surface area (Å²) in [7, 11) is 0. The average molecular weight is 415 g/mol. The van der Waals surface area contributed by atoms with Crippen LogP contribution in [0.5, 0.6) is 0 Å². The molecule has 2 aromatic rings. The van der Waals surface area contributed by atoms with Gasteiger partial charge in [-0.25, -0.2) is 4.39 Å². The fourth-order valence-electron chi connectivity index (χ4n) is 3.40. The lowest BCUT2D eigenvalue weighted by molar-refractivity contribution is -0.139. The molecule has 0 atom stereocenters. The maximum Gasteiger partial charge on any atom is 0.223 e. The van der Waals surface area contributed by atoms with Crippen molar-refractivity contribution in [2.45, 2.75) is 30.6 Å². The lowest BCUT2D eigenvalue weighted by atomic mass is 10.1. The Balaban J connectivity index is 1.32. The topological polar surface area (TPSA) is 40.6 Å². The third-order valence-corrected chi connectivity index (χ3v) is 6.10. The molecule has 6 heteroatoms. The first kappa shape index (κ1) is 21.4. The summed E-state index contributed by atoms with van der Waals surface area (Å²) in [5, 5.41) is 0. The van der Waals surface area contributed by atoms with Gasteiger partial charge in [-0.15, -0.1) is 11.8 Å². The fraction of sp³-hybridized carbons (Fsp3) is 0.391. The van der Waals surface area contributed by atoms with Crippen LogP contribution in [-0.4, -0.2) is 53.5 Å². The molecule has 1 heterocycles. The van der Waals surface area contributed by atoms with E-state index >= 15 is 0 Å². The molecule has 1 fully saturated rings. The summed E-state index contributed by atoms with van der Waals surface area (Å²) in [4.78, 5) is 29.5. The van der Waals surface area contributed by atoms with Crippen LogP contribution >= 0.6 is 11.8 Å². The highest BCUT2D eigenvalue weighted by atomic mass is 32.2. The van der Waals surface area contributed by atoms with Gasteiger partial charge in [0.15, 0.2) is 0 Å². The summed E-state index contributed by atoms with van der Waals surface area (Å²) in [5.74, 6) is 0.719. The molecule has 0 aromatic heterocycles. The molecule has 1 aliphatic rings. The highest BCUT2D eigenvalue weighted by Gasteiger charge is 2.23. The molecule has 3 rings (SSSR count). The van der Waals surface area contributed by atoms with Crippen molar-refractivity contribution in [1.29, 1.82) is 0 Å². The third kappa shape index (κ3) is 6.89. The van der Waals surface area contributed by atoms with E-state index in [2.05, 4.69) is 12.1 Å². The maximum absolute atomic E-state index is 12.9. The molecule has 0 bridgehead atoms. The van der Waals surface area contributed by atoms with Crippen LogP contribution in [0.2, 0.25) is 0 Å². The van der Waals surface area contributed by atoms with Gasteiger partial charge in [0, 0.05) is 49.7 Å². The van der Waals surface area contributed by atoms with E-state index in [-0.39, 0.29) is 17.6 Å². The number of carbonyl (C=O) groups is 2. The summed E-state index contributed by atoms with van der Waals surface area (Å²) in [6, 6.07) is 16.5. The van der Waals surface area contributed by atoms with Crippen molar-refractivity contribution in [2.75, 3.05) is 31.9 Å². The summed E-state index contributed by atoms with van der Waals surface area (Å²) in [6.45, 7) is 2.43. The number of benzene rings is 2. The maximum atomic E-state index is 12.9. The van der Waals surface area contributed by atoms with Gasteiger partial charge in [-0.05, 0) is 42.7 Å². The largest absolute Gasteiger partial charge is 0.339 e. The van der Waals surface area contributed by atoms with Crippen LogP contribution in [0.3, 0.4) is 0 Å². The van der Waals surface area contributed by atoms with Gasteiger partial charge in [0.2, 0.25) is 11.8 Å². The predicted octanol–water partition coefficient (Wildman–Crippen LogP) is 4.00. The van der Waals surface area contributed by atoms with Crippen molar-refractivity contribution in [2.24, 2.45) is 0 Å². The predicted molar refractivity (Wildman–Crippen MR) is 114 cm³/mol. The minimum absolute atomic E-state index is 0.121. The van der Waals surface area contributed by atoms with Gasteiger partial charge in [0.05, 0.1) is 0 Å². The Kier molecular flexibility index (Phi) is 8.11. The molecule has 1 aliphatic heterocycles. The highest BCUT2D eigenvalue weighted by Crippen LogP contribution is 2.19. The number of halogens is 1. The van der Waals surface area contributed by atoms with E-state index in [1.807, 2.05) is 28.0 Å². The van der Waals surface area contributed by atoms with Gasteiger partial charge >= 0.3 is 0 Å². The Hall–Kier alpha value is -2.34. The van der Waals surface area contributed by atoms with E-state index in [0.29, 0.717) is 44.8 Å². The number of hydrogen-bond donors (Lipinski definition) is 0. The molecule has 0 aliphatic carbocycles. The zero-order chi connectivity index (χ0) is 20.5. The zero-order valence-corrected chi connectivity index (χ0v) is 17.4.